The monoisotopic (exact) mass is 504 g/mol. The molecule has 1 heterocycles. The Hall–Kier alpha value is -3.21. The molecule has 2 N–H and O–H groups in total. The summed E-state index contributed by atoms with van der Waals surface area (Å²) in [6, 6.07) is 12.3. The lowest BCUT2D eigenvalue weighted by Gasteiger charge is -2.20. The molecule has 11 heteroatoms. The van der Waals surface area contributed by atoms with Crippen LogP contribution in [0.15, 0.2) is 58.2 Å². The highest BCUT2D eigenvalue weighted by Gasteiger charge is 2.26. The van der Waals surface area contributed by atoms with Crippen molar-refractivity contribution in [2.45, 2.75) is 25.7 Å². The number of hydrogen-bond donors (Lipinski definition) is 2. The number of H-pyrrole nitrogens is 1. The van der Waals surface area contributed by atoms with Gasteiger partial charge in [0.1, 0.15) is 11.6 Å². The SMILES string of the molecule is CCOc1ccc(S(=O)(=O)N(CC)CC(=O)Nc2cccc(-c3nc(C)cc(=O)[nH]3)c2)cc1Cl. The van der Waals surface area contributed by atoms with Crippen molar-refractivity contribution < 1.29 is 17.9 Å². The van der Waals surface area contributed by atoms with Gasteiger partial charge in [0.25, 0.3) is 5.56 Å². The Morgan fingerprint density at radius 3 is 2.59 bits per heavy atom. The highest BCUT2D eigenvalue weighted by atomic mass is 35.5. The lowest BCUT2D eigenvalue weighted by Crippen LogP contribution is -2.37. The van der Waals surface area contributed by atoms with E-state index >= 15 is 0 Å². The number of hydrogen-bond acceptors (Lipinski definition) is 6. The third kappa shape index (κ3) is 6.02. The van der Waals surface area contributed by atoms with Crippen LogP contribution >= 0.6 is 11.6 Å². The maximum atomic E-state index is 13.1. The van der Waals surface area contributed by atoms with E-state index in [1.165, 1.54) is 24.3 Å². The molecular weight excluding hydrogens is 480 g/mol. The van der Waals surface area contributed by atoms with Crippen LogP contribution in [-0.2, 0) is 14.8 Å². The van der Waals surface area contributed by atoms with E-state index in [1.54, 1.807) is 45.0 Å². The van der Waals surface area contributed by atoms with Gasteiger partial charge in [-0.15, -0.1) is 0 Å². The van der Waals surface area contributed by atoms with Crippen LogP contribution in [-0.4, -0.2) is 48.3 Å². The highest BCUT2D eigenvalue weighted by Crippen LogP contribution is 2.29. The first-order valence-corrected chi connectivity index (χ1v) is 12.4. The number of anilines is 1. The van der Waals surface area contributed by atoms with Crippen molar-refractivity contribution in [3.8, 4) is 17.1 Å². The maximum absolute atomic E-state index is 13.1. The number of halogens is 1. The highest BCUT2D eigenvalue weighted by molar-refractivity contribution is 7.89. The molecule has 0 bridgehead atoms. The molecule has 2 aromatic carbocycles. The molecule has 0 spiro atoms. The molecule has 0 aliphatic heterocycles. The predicted molar refractivity (Wildman–Crippen MR) is 131 cm³/mol. The van der Waals surface area contributed by atoms with Gasteiger partial charge < -0.3 is 15.0 Å². The molecule has 180 valence electrons. The van der Waals surface area contributed by atoms with Gasteiger partial charge in [0, 0.05) is 29.6 Å². The smallest absolute Gasteiger partial charge is 0.251 e. The summed E-state index contributed by atoms with van der Waals surface area (Å²) in [7, 11) is -3.97. The zero-order valence-electron chi connectivity index (χ0n) is 19.0. The van der Waals surface area contributed by atoms with Crippen LogP contribution in [0.4, 0.5) is 5.69 Å². The van der Waals surface area contributed by atoms with Crippen LogP contribution in [0.1, 0.15) is 19.5 Å². The molecule has 1 aromatic heterocycles. The fourth-order valence-electron chi connectivity index (χ4n) is 3.25. The normalized spacial score (nSPS) is 11.4. The minimum atomic E-state index is -3.97. The summed E-state index contributed by atoms with van der Waals surface area (Å²) in [4.78, 5) is 31.3. The molecule has 0 saturated heterocycles. The van der Waals surface area contributed by atoms with Gasteiger partial charge in [0.15, 0.2) is 0 Å². The number of amides is 1. The minimum Gasteiger partial charge on any atom is -0.492 e. The Morgan fingerprint density at radius 1 is 1.18 bits per heavy atom. The lowest BCUT2D eigenvalue weighted by molar-refractivity contribution is -0.116. The summed E-state index contributed by atoms with van der Waals surface area (Å²) in [5.41, 5.74) is 1.31. The number of carbonyl (C=O) groups excluding carboxylic acids is 1. The summed E-state index contributed by atoms with van der Waals surface area (Å²) in [5.74, 6) is 0.227. The number of nitrogens with zero attached hydrogens (tertiary/aromatic N) is 2. The van der Waals surface area contributed by atoms with Crippen molar-refractivity contribution in [1.82, 2.24) is 14.3 Å². The first kappa shape index (κ1) is 25.4. The van der Waals surface area contributed by atoms with Crippen LogP contribution in [0.3, 0.4) is 0 Å². The molecule has 1 amide bonds. The average molecular weight is 505 g/mol. The summed E-state index contributed by atoms with van der Waals surface area (Å²) in [6.45, 7) is 5.22. The third-order valence-corrected chi connectivity index (χ3v) is 7.02. The molecule has 0 radical (unpaired) electrons. The van der Waals surface area contributed by atoms with Gasteiger partial charge in [-0.25, -0.2) is 13.4 Å². The van der Waals surface area contributed by atoms with Gasteiger partial charge in [0.05, 0.1) is 23.1 Å². The maximum Gasteiger partial charge on any atom is 0.251 e. The van der Waals surface area contributed by atoms with E-state index in [0.29, 0.717) is 35.1 Å². The van der Waals surface area contributed by atoms with E-state index in [1.807, 2.05) is 0 Å². The van der Waals surface area contributed by atoms with Crippen molar-refractivity contribution in [2.24, 2.45) is 0 Å². The largest absolute Gasteiger partial charge is 0.492 e. The number of ether oxygens (including phenoxy) is 1. The summed E-state index contributed by atoms with van der Waals surface area (Å²) < 4.78 is 32.6. The Kier molecular flexibility index (Phi) is 8.08. The Morgan fingerprint density at radius 2 is 1.94 bits per heavy atom. The second-order valence-corrected chi connectivity index (χ2v) is 9.67. The summed E-state index contributed by atoms with van der Waals surface area (Å²) in [5, 5.41) is 2.87. The van der Waals surface area contributed by atoms with Crippen LogP contribution in [0, 0.1) is 6.92 Å². The quantitative estimate of drug-likeness (QED) is 0.460. The second-order valence-electron chi connectivity index (χ2n) is 7.32. The minimum absolute atomic E-state index is 0.0351. The molecule has 0 fully saturated rings. The Bertz CT molecular complexity index is 1360. The second kappa shape index (κ2) is 10.8. The van der Waals surface area contributed by atoms with Crippen molar-refractivity contribution >= 4 is 33.2 Å². The van der Waals surface area contributed by atoms with Crippen LogP contribution in [0.2, 0.25) is 5.02 Å². The molecule has 0 saturated carbocycles. The number of benzene rings is 2. The van der Waals surface area contributed by atoms with E-state index < -0.39 is 22.5 Å². The molecule has 3 rings (SSSR count). The molecule has 0 aliphatic carbocycles. The number of rotatable bonds is 9. The number of aryl methyl sites for hydroxylation is 1. The van der Waals surface area contributed by atoms with Gasteiger partial charge >= 0.3 is 0 Å². The summed E-state index contributed by atoms with van der Waals surface area (Å²) >= 11 is 6.15. The fourth-order valence-corrected chi connectivity index (χ4v) is 4.98. The fraction of sp³-hybridized carbons (Fsp3) is 0.261. The van der Waals surface area contributed by atoms with E-state index in [-0.39, 0.29) is 22.0 Å². The summed E-state index contributed by atoms with van der Waals surface area (Å²) in [6.07, 6.45) is 0. The van der Waals surface area contributed by atoms with Crippen LogP contribution < -0.4 is 15.6 Å². The molecule has 3 aromatic rings. The number of carbonyl (C=O) groups is 1. The molecule has 34 heavy (non-hydrogen) atoms. The Labute approximate surface area is 202 Å². The molecular formula is C23H25ClN4O5S. The van der Waals surface area contributed by atoms with Gasteiger partial charge in [0.2, 0.25) is 15.9 Å². The average Bonchev–Trinajstić information content (AvgIpc) is 2.78. The van der Waals surface area contributed by atoms with E-state index in [0.717, 1.165) is 4.31 Å². The zero-order chi connectivity index (χ0) is 24.9. The standard InChI is InChI=1S/C23H25ClN4O5S/c1-4-28(34(31,32)18-9-10-20(33-5-2)19(24)13-18)14-22(30)26-17-8-6-7-16(12-17)23-25-15(3)11-21(29)27-23/h6-13H,4-5,14H2,1-3H3,(H,26,30)(H,25,27,29). The van der Waals surface area contributed by atoms with Gasteiger partial charge in [-0.1, -0.05) is 30.7 Å². The number of nitrogens with one attached hydrogen (secondary N) is 2. The molecule has 0 aliphatic rings. The van der Waals surface area contributed by atoms with Crippen molar-refractivity contribution in [3.05, 3.63) is 69.6 Å². The first-order valence-electron chi connectivity index (χ1n) is 10.5. The van der Waals surface area contributed by atoms with Gasteiger partial charge in [-0.2, -0.15) is 4.31 Å². The van der Waals surface area contributed by atoms with E-state index in [9.17, 15) is 18.0 Å². The van der Waals surface area contributed by atoms with Crippen molar-refractivity contribution in [1.29, 1.82) is 0 Å². The molecule has 0 unspecified atom stereocenters. The van der Waals surface area contributed by atoms with E-state index in [2.05, 4.69) is 15.3 Å². The predicted octanol–water partition coefficient (Wildman–Crippen LogP) is 3.45. The molecule has 0 atom stereocenters. The first-order chi connectivity index (χ1) is 16.1. The van der Waals surface area contributed by atoms with Crippen LogP contribution in [0.5, 0.6) is 5.75 Å². The molecule has 9 nitrogen and oxygen atoms in total. The van der Waals surface area contributed by atoms with Crippen LogP contribution in [0.25, 0.3) is 11.4 Å². The number of sulfonamides is 1. The van der Waals surface area contributed by atoms with Crippen molar-refractivity contribution in [2.75, 3.05) is 25.0 Å². The van der Waals surface area contributed by atoms with Crippen molar-refractivity contribution in [3.63, 3.8) is 0 Å². The topological polar surface area (TPSA) is 121 Å². The number of aromatic nitrogens is 2. The van der Waals surface area contributed by atoms with E-state index in [4.69, 9.17) is 16.3 Å². The van der Waals surface area contributed by atoms with Gasteiger partial charge in [-0.3, -0.25) is 9.59 Å². The third-order valence-electron chi connectivity index (χ3n) is 4.80. The number of likely N-dealkylation sites (N-methyl/N-ethyl adjacent to an activating group) is 1. The lowest BCUT2D eigenvalue weighted by atomic mass is 10.2. The number of aromatic amines is 1. The Balaban J connectivity index is 1.77. The zero-order valence-corrected chi connectivity index (χ0v) is 20.5. The van der Waals surface area contributed by atoms with Gasteiger partial charge in [-0.05, 0) is 44.2 Å².